The lowest BCUT2D eigenvalue weighted by Gasteiger charge is -2.36. The lowest BCUT2D eigenvalue weighted by Crippen LogP contribution is -2.44. The zero-order valence-corrected chi connectivity index (χ0v) is 12.4. The molecule has 1 aliphatic rings. The summed E-state index contributed by atoms with van der Waals surface area (Å²) in [7, 11) is 4.31. The standard InChI is InChI=1S/C15H23NO.ClH/c1-12-8-10-13(11-9-12)17-15-7-5-4-6-14(15)16(2)3;/h8-11,14-15H,4-7H2,1-3H3;1H/t14-,15-;/m1./s1. The van der Waals surface area contributed by atoms with Gasteiger partial charge >= 0.3 is 0 Å². The van der Waals surface area contributed by atoms with E-state index in [1.807, 2.05) is 0 Å². The maximum absolute atomic E-state index is 6.14. The number of rotatable bonds is 3. The van der Waals surface area contributed by atoms with Crippen LogP contribution in [0.15, 0.2) is 24.3 Å². The first-order valence-corrected chi connectivity index (χ1v) is 6.56. The van der Waals surface area contributed by atoms with Crippen molar-refractivity contribution in [2.75, 3.05) is 14.1 Å². The molecular weight excluding hydrogens is 246 g/mol. The Bertz CT molecular complexity index is 350. The van der Waals surface area contributed by atoms with Crippen molar-refractivity contribution in [3.05, 3.63) is 29.8 Å². The number of benzene rings is 1. The average Bonchev–Trinajstić information content (AvgIpc) is 2.32. The Hall–Kier alpha value is -0.730. The molecule has 2 atom stereocenters. The number of likely N-dealkylation sites (N-methyl/N-ethyl adjacent to an activating group) is 1. The fourth-order valence-electron chi connectivity index (χ4n) is 2.60. The second-order valence-electron chi connectivity index (χ2n) is 5.28. The van der Waals surface area contributed by atoms with Crippen LogP contribution in [-0.2, 0) is 0 Å². The molecule has 3 heteroatoms. The average molecular weight is 270 g/mol. The van der Waals surface area contributed by atoms with Gasteiger partial charge in [0, 0.05) is 6.04 Å². The van der Waals surface area contributed by atoms with Gasteiger partial charge in [-0.05, 0) is 52.4 Å². The Balaban J connectivity index is 0.00000162. The van der Waals surface area contributed by atoms with Crippen LogP contribution in [0, 0.1) is 6.92 Å². The quantitative estimate of drug-likeness (QED) is 0.830. The Labute approximate surface area is 117 Å². The molecule has 0 amide bonds. The van der Waals surface area contributed by atoms with Crippen LogP contribution in [-0.4, -0.2) is 31.1 Å². The van der Waals surface area contributed by atoms with E-state index in [0.29, 0.717) is 12.1 Å². The first-order valence-electron chi connectivity index (χ1n) is 6.56. The van der Waals surface area contributed by atoms with E-state index < -0.39 is 0 Å². The molecule has 102 valence electrons. The summed E-state index contributed by atoms with van der Waals surface area (Å²) in [6, 6.07) is 8.95. The van der Waals surface area contributed by atoms with E-state index in [9.17, 15) is 0 Å². The van der Waals surface area contributed by atoms with Crippen LogP contribution in [0.4, 0.5) is 0 Å². The van der Waals surface area contributed by atoms with Crippen molar-refractivity contribution in [1.82, 2.24) is 4.90 Å². The van der Waals surface area contributed by atoms with E-state index in [2.05, 4.69) is 50.2 Å². The molecule has 1 fully saturated rings. The minimum Gasteiger partial charge on any atom is -0.489 e. The smallest absolute Gasteiger partial charge is 0.119 e. The van der Waals surface area contributed by atoms with Gasteiger partial charge in [-0.1, -0.05) is 24.1 Å². The number of nitrogens with zero attached hydrogens (tertiary/aromatic N) is 1. The molecule has 0 bridgehead atoms. The van der Waals surface area contributed by atoms with Crippen molar-refractivity contribution in [2.24, 2.45) is 0 Å². The van der Waals surface area contributed by atoms with Gasteiger partial charge in [0.15, 0.2) is 0 Å². The molecule has 1 aliphatic carbocycles. The van der Waals surface area contributed by atoms with E-state index in [1.165, 1.54) is 31.2 Å². The third-order valence-corrected chi connectivity index (χ3v) is 3.64. The van der Waals surface area contributed by atoms with Crippen molar-refractivity contribution >= 4 is 12.4 Å². The van der Waals surface area contributed by atoms with E-state index in [1.54, 1.807) is 0 Å². The predicted molar refractivity (Wildman–Crippen MR) is 78.8 cm³/mol. The van der Waals surface area contributed by atoms with Gasteiger partial charge in [-0.2, -0.15) is 0 Å². The van der Waals surface area contributed by atoms with Crippen LogP contribution in [0.1, 0.15) is 31.2 Å². The number of hydrogen-bond donors (Lipinski definition) is 0. The summed E-state index contributed by atoms with van der Waals surface area (Å²) in [4.78, 5) is 2.30. The molecule has 0 heterocycles. The zero-order chi connectivity index (χ0) is 12.3. The third-order valence-electron chi connectivity index (χ3n) is 3.64. The number of ether oxygens (including phenoxy) is 1. The minimum atomic E-state index is 0. The van der Waals surface area contributed by atoms with E-state index in [0.717, 1.165) is 5.75 Å². The van der Waals surface area contributed by atoms with Crippen molar-refractivity contribution in [3.63, 3.8) is 0 Å². The van der Waals surface area contributed by atoms with E-state index in [-0.39, 0.29) is 12.4 Å². The van der Waals surface area contributed by atoms with E-state index in [4.69, 9.17) is 4.74 Å². The summed E-state index contributed by atoms with van der Waals surface area (Å²) in [5.74, 6) is 1.01. The Morgan fingerprint density at radius 2 is 1.67 bits per heavy atom. The Morgan fingerprint density at radius 1 is 1.06 bits per heavy atom. The SMILES string of the molecule is Cc1ccc(O[C@@H]2CCCC[C@H]2N(C)C)cc1.Cl. The van der Waals surface area contributed by atoms with Gasteiger partial charge in [-0.25, -0.2) is 0 Å². The van der Waals surface area contributed by atoms with Gasteiger partial charge in [0.05, 0.1) is 0 Å². The lowest BCUT2D eigenvalue weighted by molar-refractivity contribution is 0.0623. The monoisotopic (exact) mass is 269 g/mol. The zero-order valence-electron chi connectivity index (χ0n) is 11.6. The fourth-order valence-corrected chi connectivity index (χ4v) is 2.60. The van der Waals surface area contributed by atoms with Crippen LogP contribution < -0.4 is 4.74 Å². The Kier molecular flexibility index (Phi) is 5.97. The molecule has 0 spiro atoms. The molecular formula is C15H24ClNO. The molecule has 18 heavy (non-hydrogen) atoms. The summed E-state index contributed by atoms with van der Waals surface area (Å²) in [6.45, 7) is 2.10. The highest BCUT2D eigenvalue weighted by Gasteiger charge is 2.28. The maximum Gasteiger partial charge on any atom is 0.119 e. The van der Waals surface area contributed by atoms with Gasteiger partial charge in [-0.15, -0.1) is 12.4 Å². The molecule has 2 nitrogen and oxygen atoms in total. The van der Waals surface area contributed by atoms with Crippen LogP contribution in [0.3, 0.4) is 0 Å². The van der Waals surface area contributed by atoms with Crippen molar-refractivity contribution < 1.29 is 4.74 Å². The highest BCUT2D eigenvalue weighted by molar-refractivity contribution is 5.85. The van der Waals surface area contributed by atoms with Crippen LogP contribution in [0.25, 0.3) is 0 Å². The normalized spacial score (nSPS) is 23.6. The lowest BCUT2D eigenvalue weighted by atomic mass is 9.91. The largest absolute Gasteiger partial charge is 0.489 e. The van der Waals surface area contributed by atoms with E-state index >= 15 is 0 Å². The van der Waals surface area contributed by atoms with Crippen molar-refractivity contribution in [2.45, 2.75) is 44.8 Å². The topological polar surface area (TPSA) is 12.5 Å². The highest BCUT2D eigenvalue weighted by atomic mass is 35.5. The van der Waals surface area contributed by atoms with Gasteiger partial charge < -0.3 is 9.64 Å². The van der Waals surface area contributed by atoms with Gasteiger partial charge in [0.2, 0.25) is 0 Å². The summed E-state index contributed by atoms with van der Waals surface area (Å²) in [5, 5.41) is 0. The molecule has 0 unspecified atom stereocenters. The van der Waals surface area contributed by atoms with Gasteiger partial charge in [-0.3, -0.25) is 0 Å². The first kappa shape index (κ1) is 15.3. The van der Waals surface area contributed by atoms with Crippen molar-refractivity contribution in [3.8, 4) is 5.75 Å². The van der Waals surface area contributed by atoms with Crippen molar-refractivity contribution in [1.29, 1.82) is 0 Å². The molecule has 0 N–H and O–H groups in total. The predicted octanol–water partition coefficient (Wildman–Crippen LogP) is 3.67. The minimum absolute atomic E-state index is 0. The first-order chi connectivity index (χ1) is 8.16. The number of halogens is 1. The molecule has 0 aliphatic heterocycles. The van der Waals surface area contributed by atoms with Crippen LogP contribution in [0.2, 0.25) is 0 Å². The summed E-state index contributed by atoms with van der Waals surface area (Å²) < 4.78 is 6.14. The summed E-state index contributed by atoms with van der Waals surface area (Å²) >= 11 is 0. The van der Waals surface area contributed by atoms with Crippen LogP contribution >= 0.6 is 12.4 Å². The molecule has 1 saturated carbocycles. The second-order valence-corrected chi connectivity index (χ2v) is 5.28. The molecule has 0 saturated heterocycles. The van der Waals surface area contributed by atoms with Gasteiger partial charge in [0.25, 0.3) is 0 Å². The summed E-state index contributed by atoms with van der Waals surface area (Å²) in [5.41, 5.74) is 1.28. The second kappa shape index (κ2) is 7.01. The molecule has 0 aromatic heterocycles. The van der Waals surface area contributed by atoms with Gasteiger partial charge in [0.1, 0.15) is 11.9 Å². The fraction of sp³-hybridized carbons (Fsp3) is 0.600. The molecule has 2 rings (SSSR count). The summed E-state index contributed by atoms with van der Waals surface area (Å²) in [6.07, 6.45) is 5.40. The molecule has 1 aromatic rings. The number of hydrogen-bond acceptors (Lipinski definition) is 2. The molecule has 0 radical (unpaired) electrons. The molecule has 1 aromatic carbocycles. The maximum atomic E-state index is 6.14. The third kappa shape index (κ3) is 3.89. The number of aryl methyl sites for hydroxylation is 1. The van der Waals surface area contributed by atoms with Crippen LogP contribution in [0.5, 0.6) is 5.75 Å². The Morgan fingerprint density at radius 3 is 2.28 bits per heavy atom. The highest BCUT2D eigenvalue weighted by Crippen LogP contribution is 2.26.